The summed E-state index contributed by atoms with van der Waals surface area (Å²) in [5.41, 5.74) is -0.402. The molecule has 22 heteroatoms. The number of hydrogen-bond donors (Lipinski definition) is 2. The van der Waals surface area contributed by atoms with Crippen molar-refractivity contribution in [3.63, 3.8) is 0 Å². The maximum Gasteiger partial charge on any atom is 0.416 e. The molecule has 67 heavy (non-hydrogen) atoms. The maximum absolute atomic E-state index is 14.2. The second kappa shape index (κ2) is 20.2. The number of ether oxygens (including phenoxy) is 2. The molecule has 0 bridgehead atoms. The number of alkyl halides is 6. The van der Waals surface area contributed by atoms with E-state index in [0.29, 0.717) is 29.4 Å². The topological polar surface area (TPSA) is 144 Å². The fourth-order valence-corrected chi connectivity index (χ4v) is 6.83. The van der Waals surface area contributed by atoms with Gasteiger partial charge in [0.15, 0.2) is 0 Å². The Bertz CT molecular complexity index is 3130. The number of fused-ring (bicyclic) bond motifs is 2. The van der Waals surface area contributed by atoms with Crippen LogP contribution in [0.3, 0.4) is 0 Å². The van der Waals surface area contributed by atoms with Gasteiger partial charge in [0, 0.05) is 37.6 Å². The summed E-state index contributed by atoms with van der Waals surface area (Å²) in [7, 11) is 0. The number of nitrogens with zero attached hydrogens (tertiary/aromatic N) is 7. The molecule has 0 aliphatic carbocycles. The molecule has 11 nitrogen and oxygen atoms in total. The first-order valence-corrected chi connectivity index (χ1v) is 20.2. The Kier molecular flexibility index (Phi) is 14.3. The Morgan fingerprint density at radius 2 is 0.985 bits per heavy atom. The van der Waals surface area contributed by atoms with E-state index in [9.17, 15) is 49.2 Å². The van der Waals surface area contributed by atoms with Crippen molar-refractivity contribution in [3.8, 4) is 29.3 Å². The lowest BCUT2D eigenvalue weighted by atomic mass is 10.1. The second-order valence-corrected chi connectivity index (χ2v) is 14.8. The first-order chi connectivity index (χ1) is 32.0. The number of nitriles is 1. The van der Waals surface area contributed by atoms with E-state index in [0.717, 1.165) is 79.1 Å². The molecule has 0 saturated carbocycles. The zero-order valence-corrected chi connectivity index (χ0v) is 35.4. The van der Waals surface area contributed by atoms with E-state index < -0.39 is 46.7 Å². The molecule has 4 aromatic heterocycles. The number of aromatic nitrogens is 6. The Hall–Kier alpha value is -7.67. The van der Waals surface area contributed by atoms with Gasteiger partial charge in [0.05, 0.1) is 31.9 Å². The smallest absolute Gasteiger partial charge is 0.416 e. The number of halogens is 11. The zero-order valence-electron chi connectivity index (χ0n) is 33.8. The van der Waals surface area contributed by atoms with E-state index in [-0.39, 0.29) is 68.8 Å². The molecule has 0 spiro atoms. The van der Waals surface area contributed by atoms with E-state index in [2.05, 4.69) is 56.5 Å². The zero-order chi connectivity index (χ0) is 47.9. The highest BCUT2D eigenvalue weighted by atomic mass is 79.9. The standard InChI is InChI=1S/C23H14F5N5O.C22H14BrF5N4O/c24-16-2-3-17(25)21-20(16)22(33-12-32-21)31-7-5-13-1-4-18(14(9-13)11-29)34-19-10-15(6-8-30-19)23(26,27)28;23-14-9-12(1-4-17(14)33-18-10-13(6-8-29-18)22(26,27)28)5-7-30-21-19-15(24)2-3-16(25)20(19)31-11-32-21/h1-4,6,8-10,12H,5,7H2,(H,31,32,33);1-4,6,8-11H,5,7H2,(H,30,31,32). The minimum absolute atomic E-state index is 0.0315. The first kappa shape index (κ1) is 47.3. The lowest BCUT2D eigenvalue weighted by Gasteiger charge is -2.12. The van der Waals surface area contributed by atoms with Crippen molar-refractivity contribution in [2.45, 2.75) is 25.2 Å². The molecule has 0 amide bonds. The van der Waals surface area contributed by atoms with Crippen LogP contribution in [0.2, 0.25) is 0 Å². The molecule has 8 rings (SSSR count). The van der Waals surface area contributed by atoms with Crippen LogP contribution in [0.25, 0.3) is 21.8 Å². The normalized spacial score (nSPS) is 11.4. The summed E-state index contributed by atoms with van der Waals surface area (Å²) >= 11 is 3.34. The Labute approximate surface area is 380 Å². The average Bonchev–Trinajstić information content (AvgIpc) is 3.30. The first-order valence-electron chi connectivity index (χ1n) is 19.4. The van der Waals surface area contributed by atoms with Crippen molar-refractivity contribution >= 4 is 49.4 Å². The van der Waals surface area contributed by atoms with Crippen LogP contribution >= 0.6 is 15.9 Å². The van der Waals surface area contributed by atoms with Gasteiger partial charge in [0.1, 0.15) is 76.2 Å². The maximum atomic E-state index is 14.2. The van der Waals surface area contributed by atoms with Crippen molar-refractivity contribution in [1.82, 2.24) is 29.9 Å². The third kappa shape index (κ3) is 11.6. The van der Waals surface area contributed by atoms with Crippen LogP contribution < -0.4 is 20.1 Å². The van der Waals surface area contributed by atoms with E-state index in [1.807, 2.05) is 6.07 Å². The minimum atomic E-state index is -4.56. The summed E-state index contributed by atoms with van der Waals surface area (Å²) in [4.78, 5) is 23.1. The van der Waals surface area contributed by atoms with Gasteiger partial charge in [-0.25, -0.2) is 47.5 Å². The molecule has 342 valence electrons. The molecule has 8 aromatic rings. The fourth-order valence-electron chi connectivity index (χ4n) is 6.32. The molecular weight excluding hydrogens is 968 g/mol. The van der Waals surface area contributed by atoms with Crippen LogP contribution in [-0.4, -0.2) is 43.0 Å². The Morgan fingerprint density at radius 1 is 0.537 bits per heavy atom. The van der Waals surface area contributed by atoms with Crippen LogP contribution in [0.4, 0.5) is 55.5 Å². The number of pyridine rings is 2. The number of nitrogens with one attached hydrogen (secondary N) is 2. The molecule has 4 heterocycles. The van der Waals surface area contributed by atoms with Crippen LogP contribution in [0, 0.1) is 34.6 Å². The molecule has 2 N–H and O–H groups in total. The van der Waals surface area contributed by atoms with Gasteiger partial charge in [-0.1, -0.05) is 12.1 Å². The third-order valence-corrected chi connectivity index (χ3v) is 10.1. The number of benzene rings is 4. The summed E-state index contributed by atoms with van der Waals surface area (Å²) in [6.45, 7) is 0.617. The summed E-state index contributed by atoms with van der Waals surface area (Å²) in [6.07, 6.45) is -3.93. The van der Waals surface area contributed by atoms with Crippen LogP contribution in [-0.2, 0) is 25.2 Å². The number of rotatable bonds is 12. The van der Waals surface area contributed by atoms with E-state index in [1.165, 1.54) is 12.1 Å². The third-order valence-electron chi connectivity index (χ3n) is 9.50. The second-order valence-electron chi connectivity index (χ2n) is 14.0. The van der Waals surface area contributed by atoms with Gasteiger partial charge in [-0.2, -0.15) is 31.6 Å². The number of hydrogen-bond acceptors (Lipinski definition) is 11. The summed E-state index contributed by atoms with van der Waals surface area (Å²) in [6, 6.07) is 18.8. The van der Waals surface area contributed by atoms with Gasteiger partial charge < -0.3 is 20.1 Å². The van der Waals surface area contributed by atoms with Gasteiger partial charge in [-0.05, 0) is 101 Å². The molecule has 0 fully saturated rings. The predicted molar refractivity (Wildman–Crippen MR) is 227 cm³/mol. The van der Waals surface area contributed by atoms with Gasteiger partial charge in [0.2, 0.25) is 11.8 Å². The molecule has 0 atom stereocenters. The quantitative estimate of drug-likeness (QED) is 0.113. The highest BCUT2D eigenvalue weighted by Gasteiger charge is 2.32. The summed E-state index contributed by atoms with van der Waals surface area (Å²) < 4.78 is 145. The van der Waals surface area contributed by atoms with Crippen LogP contribution in [0.15, 0.2) is 114 Å². The summed E-state index contributed by atoms with van der Waals surface area (Å²) in [5.74, 6) is -2.49. The Balaban J connectivity index is 0.000000199. The molecule has 0 saturated heterocycles. The average molecular weight is 997 g/mol. The van der Waals surface area contributed by atoms with Crippen molar-refractivity contribution in [1.29, 1.82) is 5.26 Å². The van der Waals surface area contributed by atoms with E-state index in [1.54, 1.807) is 24.3 Å². The largest absolute Gasteiger partial charge is 0.438 e. The lowest BCUT2D eigenvalue weighted by Crippen LogP contribution is -2.08. The van der Waals surface area contributed by atoms with Gasteiger partial charge >= 0.3 is 12.4 Å². The summed E-state index contributed by atoms with van der Waals surface area (Å²) in [5, 5.41) is 15.2. The predicted octanol–water partition coefficient (Wildman–Crippen LogP) is 12.2. The van der Waals surface area contributed by atoms with Gasteiger partial charge in [0.25, 0.3) is 0 Å². The lowest BCUT2D eigenvalue weighted by molar-refractivity contribution is -0.138. The van der Waals surface area contributed by atoms with Crippen molar-refractivity contribution in [2.75, 3.05) is 23.7 Å². The SMILES string of the molecule is Fc1ccc(F)c2c(NCCc3ccc(Oc4cc(C(F)(F)F)ccn4)c(Br)c3)ncnc12.N#Cc1cc(CCNc2ncnc3c(F)ccc(F)c23)ccc1Oc1cc(C(F)(F)F)ccn1. The van der Waals surface area contributed by atoms with E-state index in [4.69, 9.17) is 9.47 Å². The van der Waals surface area contributed by atoms with Crippen molar-refractivity contribution in [3.05, 3.63) is 166 Å². The van der Waals surface area contributed by atoms with Crippen LogP contribution in [0.5, 0.6) is 23.3 Å². The highest BCUT2D eigenvalue weighted by molar-refractivity contribution is 9.10. The number of anilines is 2. The molecule has 0 unspecified atom stereocenters. The highest BCUT2D eigenvalue weighted by Crippen LogP contribution is 2.35. The van der Waals surface area contributed by atoms with Crippen LogP contribution in [0.1, 0.15) is 27.8 Å². The molecular formula is C45H28BrF10N9O2. The molecule has 4 aromatic carbocycles. The molecule has 0 radical (unpaired) electrons. The Morgan fingerprint density at radius 3 is 1.45 bits per heavy atom. The van der Waals surface area contributed by atoms with Gasteiger partial charge in [-0.15, -0.1) is 0 Å². The van der Waals surface area contributed by atoms with E-state index >= 15 is 0 Å². The minimum Gasteiger partial charge on any atom is -0.438 e. The van der Waals surface area contributed by atoms with Crippen molar-refractivity contribution < 1.29 is 53.4 Å². The monoisotopic (exact) mass is 995 g/mol. The fraction of sp³-hybridized carbons (Fsp3) is 0.133. The molecule has 0 aliphatic heterocycles. The van der Waals surface area contributed by atoms with Gasteiger partial charge in [-0.3, -0.25) is 0 Å². The van der Waals surface area contributed by atoms with Crippen molar-refractivity contribution in [2.24, 2.45) is 0 Å². The molecule has 0 aliphatic rings.